The fraction of sp³-hybridized carbons (Fsp3) is 0.652. The van der Waals surface area contributed by atoms with Crippen LogP contribution in [0.15, 0.2) is 23.3 Å². The number of rotatable bonds is 5. The van der Waals surface area contributed by atoms with Gasteiger partial charge in [-0.05, 0) is 56.1 Å². The number of aliphatic hydroxyl groups excluding tert-OH is 1. The van der Waals surface area contributed by atoms with Gasteiger partial charge in [0.15, 0.2) is 5.78 Å². The molecule has 0 aromatic heterocycles. The van der Waals surface area contributed by atoms with Crippen molar-refractivity contribution in [3.8, 4) is 12.3 Å². The number of ketones is 1. The molecule has 0 radical (unpaired) electrons. The first-order chi connectivity index (χ1) is 13.5. The van der Waals surface area contributed by atoms with Crippen LogP contribution in [0.25, 0.3) is 0 Å². The largest absolute Gasteiger partial charge is 0.384 e. The van der Waals surface area contributed by atoms with Crippen LogP contribution in [0, 0.1) is 29.6 Å². The zero-order chi connectivity index (χ0) is 19.9. The van der Waals surface area contributed by atoms with E-state index in [-0.39, 0.29) is 24.0 Å². The van der Waals surface area contributed by atoms with Crippen LogP contribution < -0.4 is 5.73 Å². The lowest BCUT2D eigenvalue weighted by atomic mass is 9.50. The number of piperidine rings is 1. The number of terminal acetylenes is 1. The van der Waals surface area contributed by atoms with E-state index in [1.165, 1.54) is 19.3 Å². The quantitative estimate of drug-likeness (QED) is 0.712. The summed E-state index contributed by atoms with van der Waals surface area (Å²) < 4.78 is 0. The van der Waals surface area contributed by atoms with Gasteiger partial charge in [0.2, 0.25) is 5.91 Å². The Kier molecular flexibility index (Phi) is 5.20. The van der Waals surface area contributed by atoms with E-state index in [9.17, 15) is 14.7 Å². The van der Waals surface area contributed by atoms with Crippen molar-refractivity contribution in [1.82, 2.24) is 4.90 Å². The Morgan fingerprint density at radius 2 is 2.18 bits per heavy atom. The summed E-state index contributed by atoms with van der Waals surface area (Å²) >= 11 is 0. The van der Waals surface area contributed by atoms with E-state index in [1.54, 1.807) is 6.08 Å². The predicted molar refractivity (Wildman–Crippen MR) is 107 cm³/mol. The van der Waals surface area contributed by atoms with Gasteiger partial charge in [-0.3, -0.25) is 14.5 Å². The zero-order valence-electron chi connectivity index (χ0n) is 16.4. The molecule has 4 rings (SSSR count). The highest BCUT2D eigenvalue weighted by Crippen LogP contribution is 2.58. The minimum atomic E-state index is -1.02. The van der Waals surface area contributed by atoms with Crippen molar-refractivity contribution in [2.45, 2.75) is 63.5 Å². The van der Waals surface area contributed by atoms with Crippen LogP contribution in [-0.2, 0) is 9.59 Å². The van der Waals surface area contributed by atoms with Crippen molar-refractivity contribution in [2.75, 3.05) is 13.1 Å². The number of nitrogens with two attached hydrogens (primary N) is 1. The molecule has 0 unspecified atom stereocenters. The summed E-state index contributed by atoms with van der Waals surface area (Å²) in [6.45, 7) is 1.98. The van der Waals surface area contributed by atoms with Gasteiger partial charge in [0.1, 0.15) is 6.10 Å². The van der Waals surface area contributed by atoms with Crippen LogP contribution in [0.1, 0.15) is 51.4 Å². The fourth-order valence-electron chi connectivity index (χ4n) is 6.06. The standard InChI is InChI=1S/C23H30N2O3/c1-2-17-16(7-4-8-21(24)27)13-19-18-9-10-20(26)22(28)23(17,18)11-12-25(19)14-15-5-3-6-15/h1,4,7,15,18-19,22,28H,3,5-6,8-14H2,(H2,24,27)/b7-4-/t18-,19+,22-,23+/m0/s1. The van der Waals surface area contributed by atoms with Crippen LogP contribution in [0.3, 0.4) is 0 Å². The molecule has 5 heteroatoms. The van der Waals surface area contributed by atoms with E-state index in [0.29, 0.717) is 12.5 Å². The third kappa shape index (κ3) is 3.03. The molecule has 1 saturated heterocycles. The molecule has 2 bridgehead atoms. The van der Waals surface area contributed by atoms with Crippen molar-refractivity contribution >= 4 is 11.7 Å². The Morgan fingerprint density at radius 1 is 1.39 bits per heavy atom. The molecule has 1 heterocycles. The monoisotopic (exact) mass is 382 g/mol. The number of hydrogen-bond donors (Lipinski definition) is 2. The molecule has 2 saturated carbocycles. The fourth-order valence-corrected chi connectivity index (χ4v) is 6.06. The molecule has 28 heavy (non-hydrogen) atoms. The number of primary amides is 1. The number of aliphatic hydroxyl groups is 1. The Hall–Kier alpha value is -1.90. The lowest BCUT2D eigenvalue weighted by Crippen LogP contribution is -2.65. The summed E-state index contributed by atoms with van der Waals surface area (Å²) in [5.74, 6) is 3.37. The number of allylic oxidation sites excluding steroid dienone is 1. The molecule has 0 spiro atoms. The highest BCUT2D eigenvalue weighted by Gasteiger charge is 2.60. The van der Waals surface area contributed by atoms with Crippen molar-refractivity contribution in [3.63, 3.8) is 0 Å². The van der Waals surface area contributed by atoms with E-state index < -0.39 is 11.5 Å². The number of likely N-dealkylation sites (tertiary alicyclic amines) is 1. The molecule has 3 N–H and O–H groups in total. The van der Waals surface area contributed by atoms with Crippen LogP contribution in [-0.4, -0.2) is 46.9 Å². The average molecular weight is 383 g/mol. The van der Waals surface area contributed by atoms with Gasteiger partial charge < -0.3 is 10.8 Å². The number of nitrogens with zero attached hydrogens (tertiary/aromatic N) is 1. The summed E-state index contributed by atoms with van der Waals surface area (Å²) in [6.07, 6.45) is 15.5. The second-order valence-corrected chi connectivity index (χ2v) is 8.99. The highest BCUT2D eigenvalue weighted by molar-refractivity contribution is 5.86. The third-order valence-corrected chi connectivity index (χ3v) is 7.62. The summed E-state index contributed by atoms with van der Waals surface area (Å²) in [7, 11) is 0. The average Bonchev–Trinajstić information content (AvgIpc) is 2.62. The molecule has 0 aromatic carbocycles. The van der Waals surface area contributed by atoms with Crippen LogP contribution in [0.5, 0.6) is 0 Å². The molecule has 3 fully saturated rings. The highest BCUT2D eigenvalue weighted by atomic mass is 16.3. The molecular weight excluding hydrogens is 352 g/mol. The Morgan fingerprint density at radius 3 is 2.82 bits per heavy atom. The lowest BCUT2D eigenvalue weighted by Gasteiger charge is -2.60. The summed E-state index contributed by atoms with van der Waals surface area (Å²) in [4.78, 5) is 26.2. The molecule has 1 aliphatic heterocycles. The maximum absolute atomic E-state index is 12.5. The van der Waals surface area contributed by atoms with Crippen LogP contribution >= 0.6 is 0 Å². The molecular formula is C23H30N2O3. The summed E-state index contributed by atoms with van der Waals surface area (Å²) in [5.41, 5.74) is 6.39. The van der Waals surface area contributed by atoms with Gasteiger partial charge in [-0.15, -0.1) is 6.42 Å². The van der Waals surface area contributed by atoms with Crippen molar-refractivity contribution in [3.05, 3.63) is 23.3 Å². The van der Waals surface area contributed by atoms with Gasteiger partial charge in [-0.1, -0.05) is 24.5 Å². The predicted octanol–water partition coefficient (Wildman–Crippen LogP) is 1.95. The maximum atomic E-state index is 12.5. The number of carbonyl (C=O) groups is 2. The smallest absolute Gasteiger partial charge is 0.221 e. The van der Waals surface area contributed by atoms with E-state index in [2.05, 4.69) is 10.8 Å². The summed E-state index contributed by atoms with van der Waals surface area (Å²) in [5, 5.41) is 11.0. The normalized spacial score (nSPS) is 36.1. The first kappa shape index (κ1) is 19.4. The van der Waals surface area contributed by atoms with Gasteiger partial charge in [0, 0.05) is 36.4 Å². The number of Topliss-reactive ketones (excluding diaryl/α,β-unsaturated/α-hetero) is 1. The first-order valence-electron chi connectivity index (χ1n) is 10.6. The number of carbonyl (C=O) groups excluding carboxylic acids is 2. The van der Waals surface area contributed by atoms with E-state index >= 15 is 0 Å². The molecule has 150 valence electrons. The molecule has 1 amide bonds. The number of hydrogen-bond acceptors (Lipinski definition) is 4. The molecule has 4 atom stereocenters. The van der Waals surface area contributed by atoms with Gasteiger partial charge in [-0.25, -0.2) is 0 Å². The Bertz CT molecular complexity index is 773. The maximum Gasteiger partial charge on any atom is 0.221 e. The van der Waals surface area contributed by atoms with Gasteiger partial charge >= 0.3 is 0 Å². The van der Waals surface area contributed by atoms with Crippen molar-refractivity contribution in [2.24, 2.45) is 23.0 Å². The van der Waals surface area contributed by atoms with Gasteiger partial charge in [0.05, 0.1) is 0 Å². The van der Waals surface area contributed by atoms with Gasteiger partial charge in [-0.2, -0.15) is 0 Å². The second kappa shape index (κ2) is 7.50. The lowest BCUT2D eigenvalue weighted by molar-refractivity contribution is -0.153. The van der Waals surface area contributed by atoms with E-state index in [4.69, 9.17) is 12.2 Å². The van der Waals surface area contributed by atoms with Crippen molar-refractivity contribution in [1.29, 1.82) is 0 Å². The third-order valence-electron chi connectivity index (χ3n) is 7.62. The number of amides is 1. The van der Waals surface area contributed by atoms with Gasteiger partial charge in [0.25, 0.3) is 0 Å². The molecule has 4 aliphatic rings. The molecule has 0 aromatic rings. The van der Waals surface area contributed by atoms with E-state index in [0.717, 1.165) is 49.4 Å². The minimum absolute atomic E-state index is 0.0856. The zero-order valence-corrected chi connectivity index (χ0v) is 16.4. The SMILES string of the molecule is C#CC1=C(/C=C\CC(N)=O)C[C@@H]2[C@@H]3CCC(=O)[C@H](O)[C@]13CCN2CC1CCC1. The minimum Gasteiger partial charge on any atom is -0.384 e. The van der Waals surface area contributed by atoms with Crippen LogP contribution in [0.4, 0.5) is 0 Å². The molecule has 5 nitrogen and oxygen atoms in total. The Labute approximate surface area is 167 Å². The van der Waals surface area contributed by atoms with E-state index in [1.807, 2.05) is 6.08 Å². The summed E-state index contributed by atoms with van der Waals surface area (Å²) in [6, 6.07) is 0.294. The van der Waals surface area contributed by atoms with Crippen molar-refractivity contribution < 1.29 is 14.7 Å². The second-order valence-electron chi connectivity index (χ2n) is 8.99. The van der Waals surface area contributed by atoms with Crippen LogP contribution in [0.2, 0.25) is 0 Å². The Balaban J connectivity index is 1.73. The first-order valence-corrected chi connectivity index (χ1v) is 10.6. The molecule has 3 aliphatic carbocycles. The topological polar surface area (TPSA) is 83.6 Å².